The van der Waals surface area contributed by atoms with Crippen molar-refractivity contribution < 1.29 is 23.8 Å². The van der Waals surface area contributed by atoms with Crippen LogP contribution in [0.25, 0.3) is 6.08 Å². The van der Waals surface area contributed by atoms with Gasteiger partial charge >= 0.3 is 11.9 Å². The number of rotatable bonds is 7. The minimum atomic E-state index is -0.528. The number of benzene rings is 2. The molecule has 0 N–H and O–H groups in total. The standard InChI is InChI=1S/C22H20BrNO5/c1-3-5-20(25)28-18-11-6-14(13-19(18)27-4-2)12-17-22(26)29-21(24-17)15-7-9-16(23)10-8-15/h6-13H,3-5H2,1-2H3/b17-12-. The summed E-state index contributed by atoms with van der Waals surface area (Å²) in [6.07, 6.45) is 2.64. The van der Waals surface area contributed by atoms with E-state index in [1.165, 1.54) is 0 Å². The van der Waals surface area contributed by atoms with Crippen LogP contribution in [0.2, 0.25) is 0 Å². The Bertz CT molecular complexity index is 979. The van der Waals surface area contributed by atoms with Gasteiger partial charge in [-0.3, -0.25) is 4.79 Å². The first-order valence-electron chi connectivity index (χ1n) is 9.26. The lowest BCUT2D eigenvalue weighted by Crippen LogP contribution is -2.08. The van der Waals surface area contributed by atoms with Crippen molar-refractivity contribution in [2.45, 2.75) is 26.7 Å². The van der Waals surface area contributed by atoms with Gasteiger partial charge in [-0.05, 0) is 61.4 Å². The number of carbonyl (C=O) groups excluding carboxylic acids is 2. The van der Waals surface area contributed by atoms with Gasteiger partial charge in [-0.25, -0.2) is 9.79 Å². The van der Waals surface area contributed by atoms with E-state index in [-0.39, 0.29) is 17.6 Å². The summed E-state index contributed by atoms with van der Waals surface area (Å²) in [5.41, 5.74) is 1.57. The van der Waals surface area contributed by atoms with Crippen molar-refractivity contribution in [2.75, 3.05) is 6.61 Å². The van der Waals surface area contributed by atoms with Gasteiger partial charge in [0.15, 0.2) is 17.2 Å². The van der Waals surface area contributed by atoms with Crippen LogP contribution in [0, 0.1) is 0 Å². The molecule has 0 unspecified atom stereocenters. The van der Waals surface area contributed by atoms with Crippen molar-refractivity contribution in [3.05, 3.63) is 63.8 Å². The summed E-state index contributed by atoms with van der Waals surface area (Å²) in [6.45, 7) is 4.15. The van der Waals surface area contributed by atoms with Crippen molar-refractivity contribution >= 4 is 39.8 Å². The molecule has 0 atom stereocenters. The van der Waals surface area contributed by atoms with E-state index in [9.17, 15) is 9.59 Å². The van der Waals surface area contributed by atoms with Gasteiger partial charge in [0.1, 0.15) is 0 Å². The minimum Gasteiger partial charge on any atom is -0.490 e. The van der Waals surface area contributed by atoms with Crippen LogP contribution in [0.1, 0.15) is 37.8 Å². The van der Waals surface area contributed by atoms with Crippen LogP contribution in [0.15, 0.2) is 57.6 Å². The Hall–Kier alpha value is -2.93. The Kier molecular flexibility index (Phi) is 6.82. The van der Waals surface area contributed by atoms with Crippen molar-refractivity contribution in [1.29, 1.82) is 0 Å². The molecule has 0 radical (unpaired) electrons. The second kappa shape index (κ2) is 9.52. The third-order valence-corrected chi connectivity index (χ3v) is 4.49. The van der Waals surface area contributed by atoms with Crippen LogP contribution >= 0.6 is 15.9 Å². The maximum atomic E-state index is 12.2. The third-order valence-electron chi connectivity index (χ3n) is 3.96. The molecule has 0 spiro atoms. The number of esters is 2. The Morgan fingerprint density at radius 1 is 1.14 bits per heavy atom. The van der Waals surface area contributed by atoms with Crippen LogP contribution in [-0.4, -0.2) is 24.4 Å². The second-order valence-electron chi connectivity index (χ2n) is 6.21. The molecule has 1 aliphatic rings. The van der Waals surface area contributed by atoms with Gasteiger partial charge in [-0.1, -0.05) is 28.9 Å². The molecule has 2 aromatic rings. The molecule has 0 fully saturated rings. The number of hydrogen-bond donors (Lipinski definition) is 0. The topological polar surface area (TPSA) is 74.2 Å². The van der Waals surface area contributed by atoms with Crippen LogP contribution < -0.4 is 9.47 Å². The molecule has 0 bridgehead atoms. The van der Waals surface area contributed by atoms with Gasteiger partial charge in [0.25, 0.3) is 0 Å². The number of cyclic esters (lactones) is 1. The van der Waals surface area contributed by atoms with E-state index >= 15 is 0 Å². The second-order valence-corrected chi connectivity index (χ2v) is 7.12. The summed E-state index contributed by atoms with van der Waals surface area (Å²) < 4.78 is 17.1. The number of halogens is 1. The Labute approximate surface area is 177 Å². The van der Waals surface area contributed by atoms with E-state index in [4.69, 9.17) is 14.2 Å². The molecule has 2 aromatic carbocycles. The quantitative estimate of drug-likeness (QED) is 0.335. The minimum absolute atomic E-state index is 0.182. The molecule has 150 valence electrons. The maximum absolute atomic E-state index is 12.2. The smallest absolute Gasteiger partial charge is 0.363 e. The van der Waals surface area contributed by atoms with Gasteiger partial charge < -0.3 is 14.2 Å². The van der Waals surface area contributed by atoms with E-state index in [2.05, 4.69) is 20.9 Å². The van der Waals surface area contributed by atoms with Gasteiger partial charge in [0.2, 0.25) is 5.90 Å². The zero-order valence-electron chi connectivity index (χ0n) is 16.1. The molecule has 0 aliphatic carbocycles. The van der Waals surface area contributed by atoms with Crippen molar-refractivity contribution in [3.8, 4) is 11.5 Å². The van der Waals surface area contributed by atoms with Gasteiger partial charge in [0.05, 0.1) is 6.61 Å². The predicted molar refractivity (Wildman–Crippen MR) is 113 cm³/mol. The number of hydrogen-bond acceptors (Lipinski definition) is 6. The fraction of sp³-hybridized carbons (Fsp3) is 0.227. The van der Waals surface area contributed by atoms with Gasteiger partial charge in [-0.2, -0.15) is 0 Å². The Balaban J connectivity index is 1.86. The lowest BCUT2D eigenvalue weighted by atomic mass is 10.1. The monoisotopic (exact) mass is 457 g/mol. The van der Waals surface area contributed by atoms with Crippen molar-refractivity contribution in [3.63, 3.8) is 0 Å². The SMILES string of the molecule is CCCC(=O)Oc1ccc(/C=C2\N=C(c3ccc(Br)cc3)OC2=O)cc1OCC. The van der Waals surface area contributed by atoms with Crippen LogP contribution in [-0.2, 0) is 14.3 Å². The Morgan fingerprint density at radius 2 is 1.90 bits per heavy atom. The summed E-state index contributed by atoms with van der Waals surface area (Å²) in [5, 5.41) is 0. The maximum Gasteiger partial charge on any atom is 0.363 e. The van der Waals surface area contributed by atoms with Crippen molar-refractivity contribution in [2.24, 2.45) is 4.99 Å². The molecule has 29 heavy (non-hydrogen) atoms. The van der Waals surface area contributed by atoms with E-state index in [0.29, 0.717) is 42.1 Å². The lowest BCUT2D eigenvalue weighted by molar-refractivity contribution is -0.134. The molecule has 3 rings (SSSR count). The molecule has 0 aromatic heterocycles. The first-order chi connectivity index (χ1) is 14.0. The fourth-order valence-corrected chi connectivity index (χ4v) is 2.89. The third kappa shape index (κ3) is 5.32. The molecule has 0 amide bonds. The number of nitrogens with zero attached hydrogens (tertiary/aromatic N) is 1. The zero-order chi connectivity index (χ0) is 20.8. The molecule has 6 nitrogen and oxygen atoms in total. The van der Waals surface area contributed by atoms with Crippen LogP contribution in [0.3, 0.4) is 0 Å². The normalized spacial score (nSPS) is 14.5. The van der Waals surface area contributed by atoms with E-state index in [1.807, 2.05) is 38.1 Å². The summed E-state index contributed by atoms with van der Waals surface area (Å²) in [5.74, 6) is 0.182. The molecule has 0 saturated carbocycles. The summed E-state index contributed by atoms with van der Waals surface area (Å²) >= 11 is 3.37. The number of aliphatic imine (C=N–C) groups is 1. The largest absolute Gasteiger partial charge is 0.490 e. The average molecular weight is 458 g/mol. The predicted octanol–water partition coefficient (Wildman–Crippen LogP) is 4.90. The van der Waals surface area contributed by atoms with E-state index < -0.39 is 5.97 Å². The summed E-state index contributed by atoms with van der Waals surface area (Å²) in [7, 11) is 0. The van der Waals surface area contributed by atoms with Crippen molar-refractivity contribution in [1.82, 2.24) is 0 Å². The highest BCUT2D eigenvalue weighted by atomic mass is 79.9. The van der Waals surface area contributed by atoms with E-state index in [1.54, 1.807) is 24.3 Å². The molecule has 7 heteroatoms. The lowest BCUT2D eigenvalue weighted by Gasteiger charge is -2.11. The summed E-state index contributed by atoms with van der Waals surface area (Å²) in [6, 6.07) is 12.4. The molecule has 0 saturated heterocycles. The van der Waals surface area contributed by atoms with Crippen LogP contribution in [0.4, 0.5) is 0 Å². The van der Waals surface area contributed by atoms with E-state index in [0.717, 1.165) is 4.47 Å². The highest BCUT2D eigenvalue weighted by Crippen LogP contribution is 2.30. The Morgan fingerprint density at radius 3 is 2.59 bits per heavy atom. The van der Waals surface area contributed by atoms with Gasteiger partial charge in [0, 0.05) is 16.5 Å². The molecule has 1 aliphatic heterocycles. The highest BCUT2D eigenvalue weighted by Gasteiger charge is 2.24. The highest BCUT2D eigenvalue weighted by molar-refractivity contribution is 9.10. The zero-order valence-corrected chi connectivity index (χ0v) is 17.7. The molecule has 1 heterocycles. The number of carbonyl (C=O) groups is 2. The first-order valence-corrected chi connectivity index (χ1v) is 10.1. The molecular weight excluding hydrogens is 438 g/mol. The molecular formula is C22H20BrNO5. The first kappa shape index (κ1) is 20.8. The van der Waals surface area contributed by atoms with Crippen LogP contribution in [0.5, 0.6) is 11.5 Å². The average Bonchev–Trinajstić information content (AvgIpc) is 3.05. The number of ether oxygens (including phenoxy) is 3. The fourth-order valence-electron chi connectivity index (χ4n) is 2.63. The van der Waals surface area contributed by atoms with Gasteiger partial charge in [-0.15, -0.1) is 0 Å². The summed E-state index contributed by atoms with van der Waals surface area (Å²) in [4.78, 5) is 28.3.